The van der Waals surface area contributed by atoms with Gasteiger partial charge in [0.1, 0.15) is 6.10 Å². The quantitative estimate of drug-likeness (QED) is 0.308. The molecular formula is C30H48O7. The maximum atomic E-state index is 12.8. The van der Waals surface area contributed by atoms with E-state index in [0.717, 1.165) is 12.0 Å². The van der Waals surface area contributed by atoms with Crippen molar-refractivity contribution in [2.45, 2.75) is 111 Å². The van der Waals surface area contributed by atoms with Gasteiger partial charge in [0.2, 0.25) is 0 Å². The van der Waals surface area contributed by atoms with Crippen molar-refractivity contribution in [2.75, 3.05) is 6.61 Å². The van der Waals surface area contributed by atoms with Gasteiger partial charge in [0, 0.05) is 16.7 Å². The monoisotopic (exact) mass is 520 g/mol. The van der Waals surface area contributed by atoms with E-state index in [1.165, 1.54) is 0 Å². The minimum atomic E-state index is -1.36. The van der Waals surface area contributed by atoms with Gasteiger partial charge in [-0.25, -0.2) is 0 Å². The molecule has 0 aromatic heterocycles. The van der Waals surface area contributed by atoms with Crippen LogP contribution in [0.5, 0.6) is 0 Å². The Morgan fingerprint density at radius 2 is 1.49 bits per heavy atom. The van der Waals surface area contributed by atoms with Gasteiger partial charge in [0.05, 0.1) is 30.3 Å². The number of carboxylic acids is 1. The van der Waals surface area contributed by atoms with Crippen molar-refractivity contribution in [3.63, 3.8) is 0 Å². The summed E-state index contributed by atoms with van der Waals surface area (Å²) in [6, 6.07) is 0. The lowest BCUT2D eigenvalue weighted by molar-refractivity contribution is -0.288. The number of aliphatic hydroxyl groups is 5. The predicted molar refractivity (Wildman–Crippen MR) is 138 cm³/mol. The fourth-order valence-corrected chi connectivity index (χ4v) is 10.7. The van der Waals surface area contributed by atoms with Crippen LogP contribution in [0.25, 0.3) is 0 Å². The Morgan fingerprint density at radius 3 is 2.08 bits per heavy atom. The van der Waals surface area contributed by atoms with Gasteiger partial charge in [-0.2, -0.15) is 0 Å². The summed E-state index contributed by atoms with van der Waals surface area (Å²) < 4.78 is 0. The number of rotatable bonds is 2. The highest BCUT2D eigenvalue weighted by Gasteiger charge is 2.73. The van der Waals surface area contributed by atoms with Crippen LogP contribution in [0.2, 0.25) is 0 Å². The predicted octanol–water partition coefficient (Wildman–Crippen LogP) is 3.12. The molecule has 5 rings (SSSR count). The van der Waals surface area contributed by atoms with Gasteiger partial charge in [0.25, 0.3) is 0 Å². The molecule has 0 aliphatic heterocycles. The molecule has 0 spiro atoms. The Hall–Kier alpha value is -0.990. The number of aliphatic carboxylic acids is 1. The standard InChI is InChI=1S/C30H48O7/c1-25(2)11-13-30(24(36)37)14-12-27(4)16(19(30)21(25)33)7-8-18-28(27,5)10-9-17-26(3,15-31)22(34)20(32)23(35)29(17,18)6/h7,17-23,31-35H,8-15H2,1-6H3,(H,36,37)/t17-,18-,19+,20-,21+,22-,23+,26-,27+,28+,29-,30-/m0/s1. The fraction of sp³-hybridized carbons (Fsp3) is 0.900. The first-order chi connectivity index (χ1) is 17.0. The van der Waals surface area contributed by atoms with Gasteiger partial charge in [-0.1, -0.05) is 53.2 Å². The molecule has 0 aromatic rings. The van der Waals surface area contributed by atoms with E-state index in [4.69, 9.17) is 0 Å². The van der Waals surface area contributed by atoms with E-state index in [-0.39, 0.29) is 34.7 Å². The van der Waals surface area contributed by atoms with Gasteiger partial charge in [0.15, 0.2) is 0 Å². The normalized spacial score (nSPS) is 56.7. The second-order valence-corrected chi connectivity index (χ2v) is 15.1. The highest BCUT2D eigenvalue weighted by molar-refractivity contribution is 5.77. The van der Waals surface area contributed by atoms with Crippen LogP contribution in [0.15, 0.2) is 11.6 Å². The lowest BCUT2D eigenvalue weighted by Crippen LogP contribution is -2.73. The molecule has 5 aliphatic rings. The average Bonchev–Trinajstić information content (AvgIpc) is 2.84. The highest BCUT2D eigenvalue weighted by atomic mass is 16.4. The van der Waals surface area contributed by atoms with E-state index < -0.39 is 52.5 Å². The summed E-state index contributed by atoms with van der Waals surface area (Å²) >= 11 is 0. The van der Waals surface area contributed by atoms with Crippen LogP contribution in [0.3, 0.4) is 0 Å². The Labute approximate surface area is 221 Å². The number of carbonyl (C=O) groups is 1. The summed E-state index contributed by atoms with van der Waals surface area (Å²) in [7, 11) is 0. The molecular weight excluding hydrogens is 472 g/mol. The van der Waals surface area contributed by atoms with E-state index in [9.17, 15) is 35.4 Å². The maximum absolute atomic E-state index is 12.8. The van der Waals surface area contributed by atoms with Crippen LogP contribution in [-0.4, -0.2) is 67.6 Å². The average molecular weight is 521 g/mol. The molecule has 37 heavy (non-hydrogen) atoms. The molecule has 0 unspecified atom stereocenters. The SMILES string of the molecule is CC1(C)CC[C@]2(C(=O)O)CC[C@]3(C)C(=CC[C@@H]4[C@@]5(C)[C@H](O)[C@@H](O)[C@H](O)[C@@](C)(CO)[C@@H]5CC[C@]43C)[C@@H]2[C@H]1O. The molecule has 0 heterocycles. The molecule has 7 nitrogen and oxygen atoms in total. The van der Waals surface area contributed by atoms with E-state index in [1.807, 2.05) is 27.7 Å². The summed E-state index contributed by atoms with van der Waals surface area (Å²) in [5.74, 6) is -1.49. The van der Waals surface area contributed by atoms with Crippen molar-refractivity contribution in [3.05, 3.63) is 11.6 Å². The molecule has 5 aliphatic carbocycles. The van der Waals surface area contributed by atoms with Crippen molar-refractivity contribution < 1.29 is 35.4 Å². The lowest BCUT2D eigenvalue weighted by Gasteiger charge is -2.72. The number of hydrogen-bond donors (Lipinski definition) is 6. The molecule has 0 amide bonds. The van der Waals surface area contributed by atoms with Crippen LogP contribution in [-0.2, 0) is 4.79 Å². The van der Waals surface area contributed by atoms with E-state index >= 15 is 0 Å². The minimum Gasteiger partial charge on any atom is -0.481 e. The van der Waals surface area contributed by atoms with Gasteiger partial charge in [-0.15, -0.1) is 0 Å². The molecule has 6 N–H and O–H groups in total. The minimum absolute atomic E-state index is 0.0402. The molecule has 0 bridgehead atoms. The highest BCUT2D eigenvalue weighted by Crippen LogP contribution is 2.75. The molecule has 0 saturated heterocycles. The van der Waals surface area contributed by atoms with Crippen LogP contribution >= 0.6 is 0 Å². The van der Waals surface area contributed by atoms with E-state index in [1.54, 1.807) is 0 Å². The van der Waals surface area contributed by atoms with Crippen LogP contribution in [0.1, 0.15) is 86.5 Å². The Morgan fingerprint density at radius 1 is 0.865 bits per heavy atom. The third-order valence-corrected chi connectivity index (χ3v) is 13.6. The van der Waals surface area contributed by atoms with Crippen LogP contribution < -0.4 is 0 Å². The molecule has 7 heteroatoms. The topological polar surface area (TPSA) is 138 Å². The summed E-state index contributed by atoms with van der Waals surface area (Å²) in [4.78, 5) is 12.8. The van der Waals surface area contributed by atoms with Crippen molar-refractivity contribution in [1.82, 2.24) is 0 Å². The first kappa shape index (κ1) is 27.6. The van der Waals surface area contributed by atoms with Crippen LogP contribution in [0.4, 0.5) is 0 Å². The molecule has 4 saturated carbocycles. The smallest absolute Gasteiger partial charge is 0.310 e. The summed E-state index contributed by atoms with van der Waals surface area (Å²) in [6.07, 6.45) is 2.24. The zero-order valence-corrected chi connectivity index (χ0v) is 23.4. The Kier molecular flexibility index (Phi) is 5.98. The van der Waals surface area contributed by atoms with E-state index in [0.29, 0.717) is 38.5 Å². The molecule has 0 radical (unpaired) electrons. The van der Waals surface area contributed by atoms with Gasteiger partial charge in [-0.05, 0) is 73.0 Å². The van der Waals surface area contributed by atoms with Crippen molar-refractivity contribution in [3.8, 4) is 0 Å². The van der Waals surface area contributed by atoms with E-state index in [2.05, 4.69) is 19.9 Å². The second-order valence-electron chi connectivity index (χ2n) is 15.1. The van der Waals surface area contributed by atoms with Crippen molar-refractivity contribution in [1.29, 1.82) is 0 Å². The Balaban J connectivity index is 1.66. The number of aliphatic hydroxyl groups excluding tert-OH is 5. The van der Waals surface area contributed by atoms with Crippen molar-refractivity contribution >= 4 is 5.97 Å². The number of carboxylic acid groups (broad SMARTS) is 1. The third kappa shape index (κ3) is 3.04. The zero-order valence-electron chi connectivity index (χ0n) is 23.4. The second kappa shape index (κ2) is 8.03. The first-order valence-corrected chi connectivity index (χ1v) is 14.3. The number of fused-ring (bicyclic) bond motifs is 7. The fourth-order valence-electron chi connectivity index (χ4n) is 10.7. The number of hydrogen-bond acceptors (Lipinski definition) is 6. The van der Waals surface area contributed by atoms with Gasteiger partial charge >= 0.3 is 5.97 Å². The third-order valence-electron chi connectivity index (χ3n) is 13.6. The summed E-state index contributed by atoms with van der Waals surface area (Å²) in [6.45, 7) is 12.2. The molecule has 4 fully saturated rings. The van der Waals surface area contributed by atoms with Crippen molar-refractivity contribution in [2.24, 2.45) is 50.2 Å². The number of allylic oxidation sites excluding steroid dienone is 1. The first-order valence-electron chi connectivity index (χ1n) is 14.3. The van der Waals surface area contributed by atoms with Gasteiger partial charge < -0.3 is 30.6 Å². The summed E-state index contributed by atoms with van der Waals surface area (Å²) in [5, 5.41) is 66.1. The largest absolute Gasteiger partial charge is 0.481 e. The maximum Gasteiger partial charge on any atom is 0.310 e. The molecule has 12 atom stereocenters. The summed E-state index contributed by atoms with van der Waals surface area (Å²) in [5.41, 5.74) is -2.66. The Bertz CT molecular complexity index is 1010. The molecule has 210 valence electrons. The molecule has 0 aromatic carbocycles. The zero-order chi connectivity index (χ0) is 27.6. The van der Waals surface area contributed by atoms with Gasteiger partial charge in [-0.3, -0.25) is 4.79 Å². The van der Waals surface area contributed by atoms with Crippen LogP contribution in [0, 0.1) is 50.2 Å². The lowest BCUT2D eigenvalue weighted by atomic mass is 9.32.